The summed E-state index contributed by atoms with van der Waals surface area (Å²) in [6, 6.07) is 9.81. The predicted molar refractivity (Wildman–Crippen MR) is 113 cm³/mol. The molecule has 2 rings (SSSR count). The number of hydrogen-bond donors (Lipinski definition) is 2. The molecule has 26 heavy (non-hydrogen) atoms. The fourth-order valence-corrected chi connectivity index (χ4v) is 2.10. The molecule has 0 atom stereocenters. The van der Waals surface area contributed by atoms with E-state index in [1.54, 1.807) is 7.05 Å². The number of halogens is 1. The lowest BCUT2D eigenvalue weighted by Crippen LogP contribution is -2.39. The Labute approximate surface area is 172 Å². The van der Waals surface area contributed by atoms with Crippen LogP contribution >= 0.6 is 24.0 Å². The van der Waals surface area contributed by atoms with Crippen molar-refractivity contribution in [2.24, 2.45) is 4.99 Å². The first-order valence-corrected chi connectivity index (χ1v) is 8.64. The summed E-state index contributed by atoms with van der Waals surface area (Å²) in [7, 11) is 1.75. The summed E-state index contributed by atoms with van der Waals surface area (Å²) in [5, 5.41) is 10.4. The molecule has 0 saturated heterocycles. The van der Waals surface area contributed by atoms with Gasteiger partial charge in [0.05, 0.1) is 6.61 Å². The summed E-state index contributed by atoms with van der Waals surface area (Å²) < 4.78 is 10.9. The van der Waals surface area contributed by atoms with Crippen LogP contribution in [0.1, 0.15) is 37.9 Å². The zero-order valence-corrected chi connectivity index (χ0v) is 17.9. The van der Waals surface area contributed by atoms with Crippen molar-refractivity contribution >= 4 is 29.9 Å². The Balaban J connectivity index is 0.00000338. The minimum absolute atomic E-state index is 0. The molecule has 0 unspecified atom stereocenters. The summed E-state index contributed by atoms with van der Waals surface area (Å²) in [6.45, 7) is 6.21. The molecule has 144 valence electrons. The molecule has 0 aliphatic heterocycles. The van der Waals surface area contributed by atoms with Crippen LogP contribution in [0.3, 0.4) is 0 Å². The van der Waals surface area contributed by atoms with Crippen molar-refractivity contribution in [3.8, 4) is 5.75 Å². The van der Waals surface area contributed by atoms with Crippen molar-refractivity contribution in [3.63, 3.8) is 0 Å². The first-order chi connectivity index (χ1) is 12.2. The van der Waals surface area contributed by atoms with Gasteiger partial charge in [0.25, 0.3) is 0 Å². The van der Waals surface area contributed by atoms with Gasteiger partial charge in [-0.3, -0.25) is 4.99 Å². The number of ether oxygens (including phenoxy) is 1. The molecule has 7 nitrogen and oxygen atoms in total. The van der Waals surface area contributed by atoms with Gasteiger partial charge in [-0.05, 0) is 18.6 Å². The van der Waals surface area contributed by atoms with E-state index in [2.05, 4.69) is 25.8 Å². The molecule has 1 aromatic carbocycles. The summed E-state index contributed by atoms with van der Waals surface area (Å²) in [5.41, 5.74) is 0. The van der Waals surface area contributed by atoms with Gasteiger partial charge < -0.3 is 19.9 Å². The average molecular weight is 473 g/mol. The Morgan fingerprint density at radius 3 is 2.58 bits per heavy atom. The molecule has 8 heteroatoms. The SMILES string of the molecule is CN=C(NCCCOc1ccccc1)NCCc1nc(C(C)C)no1.I. The molecule has 0 spiro atoms. The van der Waals surface area contributed by atoms with E-state index in [4.69, 9.17) is 9.26 Å². The van der Waals surface area contributed by atoms with Crippen molar-refractivity contribution in [1.82, 2.24) is 20.8 Å². The number of hydrogen-bond acceptors (Lipinski definition) is 5. The predicted octanol–water partition coefficient (Wildman–Crippen LogP) is 2.99. The molecular formula is C18H28IN5O2. The maximum Gasteiger partial charge on any atom is 0.228 e. The lowest BCUT2D eigenvalue weighted by Gasteiger charge is -2.11. The lowest BCUT2D eigenvalue weighted by atomic mass is 10.2. The van der Waals surface area contributed by atoms with E-state index in [1.165, 1.54) is 0 Å². The Morgan fingerprint density at radius 1 is 1.19 bits per heavy atom. The van der Waals surface area contributed by atoms with Crippen LogP contribution in [-0.4, -0.2) is 42.8 Å². The summed E-state index contributed by atoms with van der Waals surface area (Å²) >= 11 is 0. The second kappa shape index (κ2) is 12.5. The molecule has 0 saturated carbocycles. The molecule has 2 aromatic rings. The third-order valence-electron chi connectivity index (χ3n) is 3.48. The zero-order chi connectivity index (χ0) is 17.9. The van der Waals surface area contributed by atoms with Crippen LogP contribution in [0.15, 0.2) is 39.8 Å². The molecule has 0 radical (unpaired) electrons. The van der Waals surface area contributed by atoms with Gasteiger partial charge in [0.2, 0.25) is 5.89 Å². The normalized spacial score (nSPS) is 11.2. The second-order valence-electron chi connectivity index (χ2n) is 5.89. The van der Waals surface area contributed by atoms with E-state index in [9.17, 15) is 0 Å². The molecule has 0 aliphatic rings. The molecule has 0 aliphatic carbocycles. The fourth-order valence-electron chi connectivity index (χ4n) is 2.10. The van der Waals surface area contributed by atoms with Gasteiger partial charge in [-0.2, -0.15) is 4.98 Å². The number of benzene rings is 1. The van der Waals surface area contributed by atoms with Crippen LogP contribution < -0.4 is 15.4 Å². The van der Waals surface area contributed by atoms with Gasteiger partial charge in [0, 0.05) is 32.5 Å². The van der Waals surface area contributed by atoms with Crippen molar-refractivity contribution < 1.29 is 9.26 Å². The molecule has 0 amide bonds. The van der Waals surface area contributed by atoms with Crippen molar-refractivity contribution in [1.29, 1.82) is 0 Å². The monoisotopic (exact) mass is 473 g/mol. The van der Waals surface area contributed by atoms with E-state index in [-0.39, 0.29) is 29.9 Å². The first-order valence-electron chi connectivity index (χ1n) is 8.64. The van der Waals surface area contributed by atoms with Crippen LogP contribution in [0.25, 0.3) is 0 Å². The van der Waals surface area contributed by atoms with Gasteiger partial charge in [-0.15, -0.1) is 24.0 Å². The smallest absolute Gasteiger partial charge is 0.228 e. The number of guanidine groups is 1. The van der Waals surface area contributed by atoms with Crippen LogP contribution in [0.4, 0.5) is 0 Å². The van der Waals surface area contributed by atoms with Crippen LogP contribution in [0, 0.1) is 0 Å². The summed E-state index contributed by atoms with van der Waals surface area (Å²) in [5.74, 6) is 3.31. The molecular weight excluding hydrogens is 445 g/mol. The Hall–Kier alpha value is -1.84. The van der Waals surface area contributed by atoms with Gasteiger partial charge in [0.15, 0.2) is 11.8 Å². The van der Waals surface area contributed by atoms with Crippen molar-refractivity contribution in [3.05, 3.63) is 42.0 Å². The van der Waals surface area contributed by atoms with E-state index in [0.29, 0.717) is 25.5 Å². The molecule has 0 fully saturated rings. The highest BCUT2D eigenvalue weighted by Crippen LogP contribution is 2.09. The molecule has 1 heterocycles. The minimum Gasteiger partial charge on any atom is -0.494 e. The van der Waals surface area contributed by atoms with Gasteiger partial charge in [-0.1, -0.05) is 37.2 Å². The third-order valence-corrected chi connectivity index (χ3v) is 3.48. The standard InChI is InChI=1S/C18H27N5O2.HI/c1-14(2)17-22-16(25-23-17)10-12-21-18(19-3)20-11-7-13-24-15-8-5-4-6-9-15;/h4-6,8-9,14H,7,10-13H2,1-3H3,(H2,19,20,21);1H. The number of aromatic nitrogens is 2. The number of nitrogens with one attached hydrogen (secondary N) is 2. The largest absolute Gasteiger partial charge is 0.494 e. The Bertz CT molecular complexity index is 646. The minimum atomic E-state index is 0. The zero-order valence-electron chi connectivity index (χ0n) is 15.6. The van der Waals surface area contributed by atoms with Gasteiger partial charge in [-0.25, -0.2) is 0 Å². The first kappa shape index (κ1) is 22.2. The number of rotatable bonds is 9. The van der Waals surface area contributed by atoms with E-state index in [0.717, 1.165) is 30.5 Å². The highest BCUT2D eigenvalue weighted by molar-refractivity contribution is 14.0. The highest BCUT2D eigenvalue weighted by Gasteiger charge is 2.09. The number of aliphatic imine (C=N–C) groups is 1. The molecule has 0 bridgehead atoms. The van der Waals surface area contributed by atoms with Crippen LogP contribution in [-0.2, 0) is 6.42 Å². The Morgan fingerprint density at radius 2 is 1.92 bits per heavy atom. The van der Waals surface area contributed by atoms with Crippen LogP contribution in [0.5, 0.6) is 5.75 Å². The second-order valence-corrected chi connectivity index (χ2v) is 5.89. The lowest BCUT2D eigenvalue weighted by molar-refractivity contribution is 0.311. The van der Waals surface area contributed by atoms with Crippen molar-refractivity contribution in [2.75, 3.05) is 26.7 Å². The van der Waals surface area contributed by atoms with Gasteiger partial charge in [0.1, 0.15) is 5.75 Å². The van der Waals surface area contributed by atoms with Crippen molar-refractivity contribution in [2.45, 2.75) is 32.6 Å². The maximum absolute atomic E-state index is 5.65. The molecule has 1 aromatic heterocycles. The summed E-state index contributed by atoms with van der Waals surface area (Å²) in [6.07, 6.45) is 1.55. The average Bonchev–Trinajstić information content (AvgIpc) is 3.10. The quantitative estimate of drug-likeness (QED) is 0.252. The topological polar surface area (TPSA) is 84.6 Å². The van der Waals surface area contributed by atoms with Crippen LogP contribution in [0.2, 0.25) is 0 Å². The van der Waals surface area contributed by atoms with E-state index < -0.39 is 0 Å². The third kappa shape index (κ3) is 8.03. The fraction of sp³-hybridized carbons (Fsp3) is 0.500. The summed E-state index contributed by atoms with van der Waals surface area (Å²) in [4.78, 5) is 8.55. The molecule has 2 N–H and O–H groups in total. The van der Waals surface area contributed by atoms with Gasteiger partial charge >= 0.3 is 0 Å². The Kier molecular flexibility index (Phi) is 10.7. The number of para-hydroxylation sites is 1. The van der Waals surface area contributed by atoms with E-state index >= 15 is 0 Å². The van der Waals surface area contributed by atoms with E-state index in [1.807, 2.05) is 44.2 Å². The maximum atomic E-state index is 5.65. The highest BCUT2D eigenvalue weighted by atomic mass is 127. The number of nitrogens with zero attached hydrogens (tertiary/aromatic N) is 3.